The van der Waals surface area contributed by atoms with Gasteiger partial charge in [0.15, 0.2) is 0 Å². The normalized spacial score (nSPS) is 11.3. The number of rotatable bonds is 7. The molecule has 0 unspecified atom stereocenters. The number of nitrogens with one attached hydrogen (secondary N) is 1. The summed E-state index contributed by atoms with van der Waals surface area (Å²) in [5, 5.41) is 19.1. The third kappa shape index (κ3) is 4.11. The molecule has 0 fully saturated rings. The molecule has 0 atom stereocenters. The van der Waals surface area contributed by atoms with Gasteiger partial charge < -0.3 is 14.4 Å². The third-order valence-electron chi connectivity index (χ3n) is 6.17. The number of hydrogen-bond donors (Lipinski definition) is 2. The van der Waals surface area contributed by atoms with E-state index in [2.05, 4.69) is 10.2 Å². The minimum atomic E-state index is -0.930. The van der Waals surface area contributed by atoms with Crippen molar-refractivity contribution in [2.24, 2.45) is 7.05 Å². The molecule has 33 heavy (non-hydrogen) atoms. The average molecular weight is 466 g/mol. The van der Waals surface area contributed by atoms with Gasteiger partial charge in [-0.3, -0.25) is 5.10 Å². The van der Waals surface area contributed by atoms with E-state index in [9.17, 15) is 9.90 Å². The van der Waals surface area contributed by atoms with Crippen LogP contribution in [0.5, 0.6) is 5.75 Å². The van der Waals surface area contributed by atoms with E-state index in [0.717, 1.165) is 60.9 Å². The van der Waals surface area contributed by atoms with E-state index in [-0.39, 0.29) is 0 Å². The Bertz CT molecular complexity index is 1320. The molecule has 172 valence electrons. The van der Waals surface area contributed by atoms with Crippen molar-refractivity contribution >= 4 is 28.5 Å². The van der Waals surface area contributed by atoms with Gasteiger partial charge in [-0.15, -0.1) is 0 Å². The Labute approximate surface area is 198 Å². The highest BCUT2D eigenvalue weighted by molar-refractivity contribution is 6.32. The molecule has 2 aromatic carbocycles. The van der Waals surface area contributed by atoms with Crippen molar-refractivity contribution in [3.8, 4) is 16.9 Å². The Morgan fingerprint density at radius 2 is 1.88 bits per heavy atom. The zero-order valence-electron chi connectivity index (χ0n) is 19.5. The molecule has 0 amide bonds. The molecule has 7 heteroatoms. The van der Waals surface area contributed by atoms with Gasteiger partial charge in [-0.1, -0.05) is 29.8 Å². The molecule has 6 nitrogen and oxygen atoms in total. The standard InChI is InChI=1S/C26H28ClN3O3/c1-14-12-18(13-15(2)23(14)27)33-11-7-10-20-19-8-6-9-21(22-16(3)28-29-17(22)4)24(19)30(5)25(20)26(31)32/h6,8-9,12-13H,7,10-11H2,1-5H3,(H,28,29)(H,31,32). The van der Waals surface area contributed by atoms with E-state index in [4.69, 9.17) is 16.3 Å². The van der Waals surface area contributed by atoms with Crippen LogP contribution in [-0.2, 0) is 13.5 Å². The first-order chi connectivity index (χ1) is 15.7. The smallest absolute Gasteiger partial charge is 0.352 e. The number of carboxylic acids is 1. The first kappa shape index (κ1) is 22.9. The van der Waals surface area contributed by atoms with Crippen LogP contribution in [0.4, 0.5) is 0 Å². The van der Waals surface area contributed by atoms with E-state index in [1.807, 2.05) is 65.1 Å². The van der Waals surface area contributed by atoms with Gasteiger partial charge in [0.25, 0.3) is 0 Å². The molecule has 0 aliphatic carbocycles. The zero-order chi connectivity index (χ0) is 23.9. The third-order valence-corrected chi connectivity index (χ3v) is 6.76. The monoisotopic (exact) mass is 465 g/mol. The fourth-order valence-electron chi connectivity index (χ4n) is 4.69. The minimum Gasteiger partial charge on any atom is -0.494 e. The molecule has 0 bridgehead atoms. The van der Waals surface area contributed by atoms with Crippen molar-refractivity contribution in [3.63, 3.8) is 0 Å². The number of hydrogen-bond acceptors (Lipinski definition) is 3. The highest BCUT2D eigenvalue weighted by atomic mass is 35.5. The Hall–Kier alpha value is -3.25. The van der Waals surface area contributed by atoms with E-state index in [1.54, 1.807) is 4.57 Å². The summed E-state index contributed by atoms with van der Waals surface area (Å²) in [4.78, 5) is 12.2. The van der Waals surface area contributed by atoms with Crippen molar-refractivity contribution in [1.29, 1.82) is 0 Å². The molecule has 0 aliphatic heterocycles. The lowest BCUT2D eigenvalue weighted by Crippen LogP contribution is -2.08. The maximum absolute atomic E-state index is 12.2. The summed E-state index contributed by atoms with van der Waals surface area (Å²) in [5.74, 6) is -0.154. The van der Waals surface area contributed by atoms with E-state index in [0.29, 0.717) is 25.1 Å². The Kier molecular flexibility index (Phi) is 6.21. The Balaban J connectivity index is 1.66. The highest BCUT2D eigenvalue weighted by Gasteiger charge is 2.23. The Morgan fingerprint density at radius 3 is 2.48 bits per heavy atom. The minimum absolute atomic E-state index is 0.314. The van der Waals surface area contributed by atoms with Gasteiger partial charge in [-0.2, -0.15) is 5.10 Å². The number of fused-ring (bicyclic) bond motifs is 1. The van der Waals surface area contributed by atoms with E-state index < -0.39 is 5.97 Å². The molecular weight excluding hydrogens is 438 g/mol. The second kappa shape index (κ2) is 8.94. The fraction of sp³-hybridized carbons (Fsp3) is 0.308. The summed E-state index contributed by atoms with van der Waals surface area (Å²) in [6, 6.07) is 9.86. The lowest BCUT2D eigenvalue weighted by atomic mass is 9.98. The number of nitrogens with zero attached hydrogens (tertiary/aromatic N) is 2. The van der Waals surface area contributed by atoms with Gasteiger partial charge in [-0.05, 0) is 69.4 Å². The van der Waals surface area contributed by atoms with E-state index >= 15 is 0 Å². The first-order valence-electron chi connectivity index (χ1n) is 11.0. The lowest BCUT2D eigenvalue weighted by molar-refractivity contribution is 0.0685. The van der Waals surface area contributed by atoms with Crippen LogP contribution in [0.3, 0.4) is 0 Å². The fourth-order valence-corrected chi connectivity index (χ4v) is 4.80. The van der Waals surface area contributed by atoms with Crippen LogP contribution in [0, 0.1) is 27.7 Å². The van der Waals surface area contributed by atoms with Crippen LogP contribution < -0.4 is 4.74 Å². The molecule has 4 aromatic rings. The second-order valence-electron chi connectivity index (χ2n) is 8.53. The Morgan fingerprint density at radius 1 is 1.18 bits per heavy atom. The predicted octanol–water partition coefficient (Wildman–Crippen LogP) is 6.17. The number of aromatic amines is 1. The zero-order valence-corrected chi connectivity index (χ0v) is 20.3. The quantitative estimate of drug-likeness (QED) is 0.320. The van der Waals surface area contributed by atoms with Crippen LogP contribution in [0.2, 0.25) is 5.02 Å². The number of para-hydroxylation sites is 1. The van der Waals surface area contributed by atoms with Gasteiger partial charge in [0.2, 0.25) is 0 Å². The van der Waals surface area contributed by atoms with Gasteiger partial charge in [-0.25, -0.2) is 4.79 Å². The van der Waals surface area contributed by atoms with Gasteiger partial charge >= 0.3 is 5.97 Å². The van der Waals surface area contributed by atoms with Crippen LogP contribution in [0.1, 0.15) is 45.0 Å². The largest absolute Gasteiger partial charge is 0.494 e. The number of halogens is 1. The molecule has 2 N–H and O–H groups in total. The topological polar surface area (TPSA) is 80.1 Å². The second-order valence-corrected chi connectivity index (χ2v) is 8.90. The number of carbonyl (C=O) groups is 1. The summed E-state index contributed by atoms with van der Waals surface area (Å²) < 4.78 is 7.75. The average Bonchev–Trinajstić information content (AvgIpc) is 3.25. The summed E-state index contributed by atoms with van der Waals surface area (Å²) in [7, 11) is 1.82. The predicted molar refractivity (Wildman–Crippen MR) is 132 cm³/mol. The molecule has 0 aliphatic rings. The van der Waals surface area contributed by atoms with Crippen LogP contribution in [0.15, 0.2) is 30.3 Å². The number of ether oxygens (including phenoxy) is 1. The van der Waals surface area contributed by atoms with Gasteiger partial charge in [0.05, 0.1) is 17.8 Å². The van der Waals surface area contributed by atoms with Crippen LogP contribution in [0.25, 0.3) is 22.0 Å². The van der Waals surface area contributed by atoms with Crippen molar-refractivity contribution < 1.29 is 14.6 Å². The summed E-state index contributed by atoms with van der Waals surface area (Å²) in [6.45, 7) is 8.33. The number of aromatic carboxylic acids is 1. The van der Waals surface area contributed by atoms with Crippen molar-refractivity contribution in [2.75, 3.05) is 6.61 Å². The van der Waals surface area contributed by atoms with Crippen LogP contribution >= 0.6 is 11.6 Å². The molecule has 0 saturated heterocycles. The maximum Gasteiger partial charge on any atom is 0.352 e. The summed E-state index contributed by atoms with van der Waals surface area (Å²) in [5.41, 5.74) is 7.85. The SMILES string of the molecule is Cc1cc(OCCCc2c(C(=O)O)n(C)c3c(-c4c(C)n[nH]c4C)cccc23)cc(C)c1Cl. The molecule has 2 aromatic heterocycles. The van der Waals surface area contributed by atoms with E-state index in [1.165, 1.54) is 0 Å². The number of carboxylic acid groups (broad SMARTS) is 1. The van der Waals surface area contributed by atoms with Gasteiger partial charge in [0, 0.05) is 34.3 Å². The molecule has 0 spiro atoms. The van der Waals surface area contributed by atoms with Crippen molar-refractivity contribution in [1.82, 2.24) is 14.8 Å². The number of aromatic nitrogens is 3. The maximum atomic E-state index is 12.2. The number of benzene rings is 2. The summed E-state index contributed by atoms with van der Waals surface area (Å²) >= 11 is 6.25. The molecule has 0 radical (unpaired) electrons. The molecule has 2 heterocycles. The van der Waals surface area contributed by atoms with Crippen molar-refractivity contribution in [3.05, 3.63) is 69.1 Å². The highest BCUT2D eigenvalue weighted by Crippen LogP contribution is 2.36. The van der Waals surface area contributed by atoms with Gasteiger partial charge in [0.1, 0.15) is 11.4 Å². The number of aryl methyl sites for hydroxylation is 6. The van der Waals surface area contributed by atoms with Crippen molar-refractivity contribution in [2.45, 2.75) is 40.5 Å². The van der Waals surface area contributed by atoms with Crippen LogP contribution in [-0.4, -0.2) is 32.4 Å². The molecular formula is C26H28ClN3O3. The summed E-state index contributed by atoms with van der Waals surface area (Å²) in [6.07, 6.45) is 1.28. The molecule has 4 rings (SSSR count). The molecule has 0 saturated carbocycles. The lowest BCUT2D eigenvalue weighted by Gasteiger charge is -2.10. The first-order valence-corrected chi connectivity index (χ1v) is 11.3. The number of H-pyrrole nitrogens is 1.